The standard InChI is InChI=1S/C24H33NO6/c1-11-8-12(2)24-15(9-18(29-5)23(28)30-21(11)14(4)26)6-7-16-19(24)20(27)13(3)17(10-25)22(16)31-24/h6-8,11,13-22,26-27H,9H2,1-5H3/b12-8+/t11-,13?,14?,15-,16-,17-,18+,19+,20-,21+,22-,24+/m1/s1. The van der Waals surface area contributed by atoms with Gasteiger partial charge in [-0.3, -0.25) is 0 Å². The fourth-order valence-corrected chi connectivity index (χ4v) is 6.56. The summed E-state index contributed by atoms with van der Waals surface area (Å²) in [6.45, 7) is 7.41. The third-order valence-corrected chi connectivity index (χ3v) is 8.10. The van der Waals surface area contributed by atoms with E-state index in [1.165, 1.54) is 7.11 Å². The zero-order chi connectivity index (χ0) is 22.7. The summed E-state index contributed by atoms with van der Waals surface area (Å²) in [5.41, 5.74) is 0.102. The van der Waals surface area contributed by atoms with Crippen LogP contribution in [0.5, 0.6) is 0 Å². The number of aliphatic hydroxyl groups is 2. The van der Waals surface area contributed by atoms with Gasteiger partial charge in [0, 0.05) is 36.7 Å². The first-order chi connectivity index (χ1) is 14.7. The van der Waals surface area contributed by atoms with E-state index in [2.05, 4.69) is 18.2 Å². The van der Waals surface area contributed by atoms with Crippen LogP contribution in [0, 0.1) is 46.8 Å². The Balaban J connectivity index is 1.88. The fourth-order valence-electron chi connectivity index (χ4n) is 6.56. The van der Waals surface area contributed by atoms with E-state index in [1.807, 2.05) is 26.8 Å². The molecule has 0 aromatic heterocycles. The SMILES string of the molecule is CO[C@H]1C[C@H]2C=C[C@H]3[C@H]4O[C@]2(/C(C)=C/[C@@H](C)[C@@H](C(C)O)OC1=O)[C@@H]3[C@H](O)C(C)[C@H]4C#N. The molecule has 7 nitrogen and oxygen atoms in total. The Hall–Kier alpha value is -1.72. The topological polar surface area (TPSA) is 109 Å². The molecule has 7 heteroatoms. The molecule has 2 fully saturated rings. The Morgan fingerprint density at radius 1 is 1.35 bits per heavy atom. The Bertz CT molecular complexity index is 830. The van der Waals surface area contributed by atoms with Gasteiger partial charge in [-0.25, -0.2) is 4.79 Å². The van der Waals surface area contributed by atoms with E-state index in [0.29, 0.717) is 6.42 Å². The summed E-state index contributed by atoms with van der Waals surface area (Å²) in [7, 11) is 1.47. The van der Waals surface area contributed by atoms with Crippen LogP contribution >= 0.6 is 0 Å². The van der Waals surface area contributed by atoms with Gasteiger partial charge in [-0.2, -0.15) is 5.26 Å². The van der Waals surface area contributed by atoms with Crippen molar-refractivity contribution < 1.29 is 29.2 Å². The number of aliphatic hydroxyl groups excluding tert-OH is 2. The van der Waals surface area contributed by atoms with Crippen molar-refractivity contribution in [3.8, 4) is 6.07 Å². The number of cyclic esters (lactones) is 1. The van der Waals surface area contributed by atoms with E-state index in [0.717, 1.165) is 5.57 Å². The molecule has 1 spiro atoms. The van der Waals surface area contributed by atoms with Gasteiger partial charge in [0.1, 0.15) is 11.7 Å². The van der Waals surface area contributed by atoms with Crippen molar-refractivity contribution in [2.75, 3.05) is 7.11 Å². The van der Waals surface area contributed by atoms with Crippen molar-refractivity contribution in [3.05, 3.63) is 23.8 Å². The van der Waals surface area contributed by atoms with E-state index in [4.69, 9.17) is 14.2 Å². The van der Waals surface area contributed by atoms with Crippen LogP contribution < -0.4 is 0 Å². The molecule has 1 saturated heterocycles. The van der Waals surface area contributed by atoms with Crippen LogP contribution in [0.2, 0.25) is 0 Å². The average molecular weight is 432 g/mol. The highest BCUT2D eigenvalue weighted by Gasteiger charge is 2.68. The van der Waals surface area contributed by atoms with Crippen molar-refractivity contribution >= 4 is 5.97 Å². The molecular weight excluding hydrogens is 398 g/mol. The minimum atomic E-state index is -0.857. The Morgan fingerprint density at radius 3 is 2.68 bits per heavy atom. The molecule has 0 aromatic rings. The summed E-state index contributed by atoms with van der Waals surface area (Å²) < 4.78 is 17.9. The van der Waals surface area contributed by atoms with E-state index in [9.17, 15) is 20.3 Å². The van der Waals surface area contributed by atoms with Gasteiger partial charge in [0.25, 0.3) is 0 Å². The third kappa shape index (κ3) is 3.19. The predicted molar refractivity (Wildman–Crippen MR) is 111 cm³/mol. The molecule has 4 rings (SSSR count). The monoisotopic (exact) mass is 431 g/mol. The van der Waals surface area contributed by atoms with Gasteiger partial charge < -0.3 is 24.4 Å². The summed E-state index contributed by atoms with van der Waals surface area (Å²) in [4.78, 5) is 12.9. The minimum absolute atomic E-state index is 0.0609. The predicted octanol–water partition coefficient (Wildman–Crippen LogP) is 1.99. The molecule has 170 valence electrons. The molecule has 2 aliphatic carbocycles. The highest BCUT2D eigenvalue weighted by molar-refractivity contribution is 5.75. The van der Waals surface area contributed by atoms with Gasteiger partial charge in [0.05, 0.1) is 30.3 Å². The number of nitrogens with zero attached hydrogens (tertiary/aromatic N) is 1. The first kappa shape index (κ1) is 22.5. The van der Waals surface area contributed by atoms with Gasteiger partial charge in [-0.05, 0) is 25.8 Å². The molecule has 12 atom stereocenters. The molecular formula is C24H33NO6. The molecule has 4 bridgehead atoms. The van der Waals surface area contributed by atoms with Gasteiger partial charge >= 0.3 is 5.97 Å². The fraction of sp³-hybridized carbons (Fsp3) is 0.750. The van der Waals surface area contributed by atoms with Crippen molar-refractivity contribution in [3.63, 3.8) is 0 Å². The highest BCUT2D eigenvalue weighted by atomic mass is 16.6. The van der Waals surface area contributed by atoms with E-state index in [1.54, 1.807) is 6.92 Å². The van der Waals surface area contributed by atoms with Crippen LogP contribution in [0.4, 0.5) is 0 Å². The lowest BCUT2D eigenvalue weighted by atomic mass is 9.56. The quantitative estimate of drug-likeness (QED) is 0.508. The molecule has 2 N–H and O–H groups in total. The number of rotatable bonds is 2. The minimum Gasteiger partial charge on any atom is -0.457 e. The van der Waals surface area contributed by atoms with Crippen LogP contribution in [0.15, 0.2) is 23.8 Å². The number of nitriles is 1. The summed E-state index contributed by atoms with van der Waals surface area (Å²) in [5, 5.41) is 31.4. The van der Waals surface area contributed by atoms with Gasteiger partial charge in [-0.1, -0.05) is 32.1 Å². The van der Waals surface area contributed by atoms with E-state index in [-0.39, 0.29) is 35.7 Å². The number of esters is 1. The molecule has 1 saturated carbocycles. The first-order valence-corrected chi connectivity index (χ1v) is 11.2. The molecule has 31 heavy (non-hydrogen) atoms. The van der Waals surface area contributed by atoms with Gasteiger partial charge in [0.15, 0.2) is 6.10 Å². The Kier molecular flexibility index (Phi) is 5.80. The van der Waals surface area contributed by atoms with Crippen LogP contribution in [-0.4, -0.2) is 59.4 Å². The molecule has 2 unspecified atom stereocenters. The molecule has 0 amide bonds. The highest BCUT2D eigenvalue weighted by Crippen LogP contribution is 2.61. The number of methoxy groups -OCH3 is 1. The summed E-state index contributed by atoms with van der Waals surface area (Å²) in [5.74, 6) is -1.90. The summed E-state index contributed by atoms with van der Waals surface area (Å²) >= 11 is 0. The normalized spacial score (nSPS) is 51.7. The van der Waals surface area contributed by atoms with Crippen LogP contribution in [0.25, 0.3) is 0 Å². The van der Waals surface area contributed by atoms with E-state index < -0.39 is 41.9 Å². The molecule has 0 aromatic carbocycles. The molecule has 0 radical (unpaired) electrons. The number of hydrogen-bond donors (Lipinski definition) is 2. The summed E-state index contributed by atoms with van der Waals surface area (Å²) in [6.07, 6.45) is 3.03. The van der Waals surface area contributed by atoms with Crippen molar-refractivity contribution in [2.45, 2.75) is 70.2 Å². The van der Waals surface area contributed by atoms with Gasteiger partial charge in [-0.15, -0.1) is 0 Å². The molecule has 2 aliphatic heterocycles. The van der Waals surface area contributed by atoms with Crippen molar-refractivity contribution in [1.82, 2.24) is 0 Å². The zero-order valence-electron chi connectivity index (χ0n) is 18.8. The second-order valence-electron chi connectivity index (χ2n) is 9.79. The van der Waals surface area contributed by atoms with Crippen LogP contribution in [0.1, 0.15) is 34.1 Å². The summed E-state index contributed by atoms with van der Waals surface area (Å²) in [6, 6.07) is 2.37. The number of carbonyl (C=O) groups is 1. The smallest absolute Gasteiger partial charge is 0.335 e. The average Bonchev–Trinajstić information content (AvgIpc) is 2.91. The Labute approximate surface area is 183 Å². The number of hydrogen-bond acceptors (Lipinski definition) is 7. The molecule has 2 heterocycles. The Morgan fingerprint density at radius 2 is 2.06 bits per heavy atom. The number of carbonyl (C=O) groups excluding carboxylic acids is 1. The second-order valence-corrected chi connectivity index (χ2v) is 9.79. The largest absolute Gasteiger partial charge is 0.457 e. The molecule has 4 aliphatic rings. The maximum absolute atomic E-state index is 12.9. The van der Waals surface area contributed by atoms with Crippen molar-refractivity contribution in [1.29, 1.82) is 5.26 Å². The van der Waals surface area contributed by atoms with Gasteiger partial charge in [0.2, 0.25) is 0 Å². The number of ether oxygens (including phenoxy) is 3. The van der Waals surface area contributed by atoms with E-state index >= 15 is 0 Å². The second kappa shape index (κ2) is 8.00. The maximum atomic E-state index is 12.9. The van der Waals surface area contributed by atoms with Crippen LogP contribution in [-0.2, 0) is 19.0 Å². The third-order valence-electron chi connectivity index (χ3n) is 8.10. The lowest BCUT2D eigenvalue weighted by Gasteiger charge is -2.48. The zero-order valence-corrected chi connectivity index (χ0v) is 18.8. The van der Waals surface area contributed by atoms with Crippen molar-refractivity contribution in [2.24, 2.45) is 35.5 Å². The lowest BCUT2D eigenvalue weighted by Crippen LogP contribution is -2.55. The maximum Gasteiger partial charge on any atom is 0.335 e. The first-order valence-electron chi connectivity index (χ1n) is 11.2. The lowest BCUT2D eigenvalue weighted by molar-refractivity contribution is -0.172. The van der Waals surface area contributed by atoms with Crippen LogP contribution in [0.3, 0.4) is 0 Å².